The standard InChI is InChI=1S/C30H25N7O2/c1-18(34-28-27-24(12-7-13-33-27)35-30(31)36-28)25-15-19-8-6-11-23(20-14-22(39-2)17-32-16-20)26(19)29(38)37(25)21-9-4-3-5-10-21/h3-18H,1-2H3,(H3,31,34,35,36)/t18-/m0/s1. The number of para-hydroxylation sites is 1. The third-order valence-corrected chi connectivity index (χ3v) is 6.62. The Morgan fingerprint density at radius 2 is 1.82 bits per heavy atom. The molecule has 1 atom stereocenters. The number of hydrogen-bond donors (Lipinski definition) is 2. The molecule has 0 saturated heterocycles. The molecule has 0 saturated carbocycles. The summed E-state index contributed by atoms with van der Waals surface area (Å²) in [6, 6.07) is 22.6. The van der Waals surface area contributed by atoms with Crippen molar-refractivity contribution in [1.82, 2.24) is 24.5 Å². The smallest absolute Gasteiger partial charge is 0.263 e. The monoisotopic (exact) mass is 515 g/mol. The van der Waals surface area contributed by atoms with Crippen LogP contribution in [0.4, 0.5) is 11.8 Å². The highest BCUT2D eigenvalue weighted by Gasteiger charge is 2.20. The van der Waals surface area contributed by atoms with E-state index in [2.05, 4.69) is 25.3 Å². The summed E-state index contributed by atoms with van der Waals surface area (Å²) in [4.78, 5) is 31.8. The Morgan fingerprint density at radius 3 is 2.64 bits per heavy atom. The molecule has 0 amide bonds. The van der Waals surface area contributed by atoms with Crippen molar-refractivity contribution in [1.29, 1.82) is 0 Å². The fourth-order valence-electron chi connectivity index (χ4n) is 4.83. The molecule has 0 radical (unpaired) electrons. The van der Waals surface area contributed by atoms with Crippen molar-refractivity contribution in [2.45, 2.75) is 13.0 Å². The molecule has 9 nitrogen and oxygen atoms in total. The second-order valence-corrected chi connectivity index (χ2v) is 9.10. The summed E-state index contributed by atoms with van der Waals surface area (Å²) >= 11 is 0. The van der Waals surface area contributed by atoms with Gasteiger partial charge in [0.05, 0.1) is 30.3 Å². The van der Waals surface area contributed by atoms with E-state index < -0.39 is 0 Å². The van der Waals surface area contributed by atoms with Gasteiger partial charge in [-0.2, -0.15) is 4.98 Å². The number of nitrogens with one attached hydrogen (secondary N) is 1. The molecule has 39 heavy (non-hydrogen) atoms. The van der Waals surface area contributed by atoms with E-state index in [1.807, 2.05) is 73.7 Å². The summed E-state index contributed by atoms with van der Waals surface area (Å²) in [7, 11) is 1.59. The molecule has 0 aliphatic rings. The summed E-state index contributed by atoms with van der Waals surface area (Å²) in [5.41, 5.74) is 10.1. The van der Waals surface area contributed by atoms with E-state index in [1.54, 1.807) is 36.3 Å². The van der Waals surface area contributed by atoms with Gasteiger partial charge in [0.2, 0.25) is 5.95 Å². The third kappa shape index (κ3) is 4.40. The molecule has 0 bridgehead atoms. The van der Waals surface area contributed by atoms with Gasteiger partial charge in [-0.05, 0) is 54.3 Å². The van der Waals surface area contributed by atoms with Crippen LogP contribution in [0, 0.1) is 0 Å². The minimum atomic E-state index is -0.344. The van der Waals surface area contributed by atoms with E-state index in [-0.39, 0.29) is 17.5 Å². The van der Waals surface area contributed by atoms with Gasteiger partial charge in [-0.3, -0.25) is 19.3 Å². The molecule has 0 aliphatic carbocycles. The Hall–Kier alpha value is -5.31. The lowest BCUT2D eigenvalue weighted by atomic mass is 9.98. The van der Waals surface area contributed by atoms with Crippen LogP contribution in [-0.4, -0.2) is 31.6 Å². The number of methoxy groups -OCH3 is 1. The number of nitrogen functional groups attached to an aromatic ring is 1. The van der Waals surface area contributed by atoms with Gasteiger partial charge in [-0.25, -0.2) is 4.98 Å². The Morgan fingerprint density at radius 1 is 0.974 bits per heavy atom. The van der Waals surface area contributed by atoms with Gasteiger partial charge >= 0.3 is 0 Å². The molecule has 192 valence electrons. The summed E-state index contributed by atoms with van der Waals surface area (Å²) in [6.07, 6.45) is 5.06. The SMILES string of the molecule is COc1cncc(-c2cccc3cc([C@H](C)Nc4nc(N)nc5cccnc45)n(-c4ccccc4)c(=O)c23)c1. The number of nitrogens with zero attached hydrogens (tertiary/aromatic N) is 5. The molecule has 4 heterocycles. The summed E-state index contributed by atoms with van der Waals surface area (Å²) in [5.74, 6) is 1.25. The highest BCUT2D eigenvalue weighted by atomic mass is 16.5. The van der Waals surface area contributed by atoms with Crippen molar-refractivity contribution in [2.75, 3.05) is 18.2 Å². The largest absolute Gasteiger partial charge is 0.495 e. The zero-order valence-corrected chi connectivity index (χ0v) is 21.4. The quantitative estimate of drug-likeness (QED) is 0.312. The van der Waals surface area contributed by atoms with E-state index >= 15 is 0 Å². The fourth-order valence-corrected chi connectivity index (χ4v) is 4.83. The maximum atomic E-state index is 14.3. The molecule has 9 heteroatoms. The predicted octanol–water partition coefficient (Wildman–Crippen LogP) is 5.15. The molecule has 2 aromatic carbocycles. The number of hydrogen-bond acceptors (Lipinski definition) is 8. The van der Waals surface area contributed by atoms with Crippen molar-refractivity contribution < 1.29 is 4.74 Å². The molecule has 0 aliphatic heterocycles. The second-order valence-electron chi connectivity index (χ2n) is 9.10. The molecule has 4 aromatic heterocycles. The van der Waals surface area contributed by atoms with Gasteiger partial charge in [0.25, 0.3) is 5.56 Å². The van der Waals surface area contributed by atoms with Crippen LogP contribution in [0.1, 0.15) is 18.7 Å². The van der Waals surface area contributed by atoms with Gasteiger partial charge in [0.15, 0.2) is 5.82 Å². The van der Waals surface area contributed by atoms with Crippen molar-refractivity contribution in [2.24, 2.45) is 0 Å². The van der Waals surface area contributed by atoms with Crippen molar-refractivity contribution in [3.63, 3.8) is 0 Å². The van der Waals surface area contributed by atoms with Gasteiger partial charge < -0.3 is 15.8 Å². The average Bonchev–Trinajstić information content (AvgIpc) is 2.97. The first-order valence-electron chi connectivity index (χ1n) is 12.4. The van der Waals surface area contributed by atoms with E-state index in [0.717, 1.165) is 27.9 Å². The number of fused-ring (bicyclic) bond motifs is 2. The summed E-state index contributed by atoms with van der Waals surface area (Å²) in [6.45, 7) is 1.98. The maximum Gasteiger partial charge on any atom is 0.263 e. The number of aromatic nitrogens is 5. The topological polar surface area (TPSA) is 121 Å². The number of rotatable bonds is 6. The number of anilines is 2. The lowest BCUT2D eigenvalue weighted by Crippen LogP contribution is -2.26. The van der Waals surface area contributed by atoms with Crippen LogP contribution in [0.5, 0.6) is 5.75 Å². The maximum absolute atomic E-state index is 14.3. The Labute approximate surface area is 224 Å². The van der Waals surface area contributed by atoms with Crippen LogP contribution in [0.25, 0.3) is 38.6 Å². The van der Waals surface area contributed by atoms with E-state index in [0.29, 0.717) is 28.0 Å². The van der Waals surface area contributed by atoms with Gasteiger partial charge in [0.1, 0.15) is 11.3 Å². The van der Waals surface area contributed by atoms with Gasteiger partial charge in [0, 0.05) is 29.3 Å². The van der Waals surface area contributed by atoms with Gasteiger partial charge in [-0.1, -0.05) is 36.4 Å². The second kappa shape index (κ2) is 9.86. The lowest BCUT2D eigenvalue weighted by Gasteiger charge is -2.22. The average molecular weight is 516 g/mol. The molecular formula is C30H25N7O2. The zero-order chi connectivity index (χ0) is 26.9. The van der Waals surface area contributed by atoms with Gasteiger partial charge in [-0.15, -0.1) is 0 Å². The first-order chi connectivity index (χ1) is 19.0. The highest BCUT2D eigenvalue weighted by Crippen LogP contribution is 2.31. The molecule has 0 spiro atoms. The van der Waals surface area contributed by atoms with Crippen LogP contribution < -0.4 is 21.3 Å². The summed E-state index contributed by atoms with van der Waals surface area (Å²) in [5, 5.41) is 4.82. The van der Waals surface area contributed by atoms with E-state index in [1.165, 1.54) is 0 Å². The number of nitrogens with two attached hydrogens (primary N) is 1. The first kappa shape index (κ1) is 24.1. The molecule has 6 aromatic rings. The minimum absolute atomic E-state index is 0.140. The van der Waals surface area contributed by atoms with Crippen molar-refractivity contribution in [3.05, 3.63) is 107 Å². The van der Waals surface area contributed by atoms with Crippen molar-refractivity contribution in [3.8, 4) is 22.6 Å². The van der Waals surface area contributed by atoms with Crippen LogP contribution in [-0.2, 0) is 0 Å². The highest BCUT2D eigenvalue weighted by molar-refractivity contribution is 5.96. The van der Waals surface area contributed by atoms with Crippen LogP contribution >= 0.6 is 0 Å². The number of ether oxygens (including phenoxy) is 1. The van der Waals surface area contributed by atoms with E-state index in [4.69, 9.17) is 10.5 Å². The normalized spacial score (nSPS) is 11.9. The van der Waals surface area contributed by atoms with Crippen LogP contribution in [0.2, 0.25) is 0 Å². The molecule has 0 fully saturated rings. The molecule has 3 N–H and O–H groups in total. The molecule has 6 rings (SSSR count). The first-order valence-corrected chi connectivity index (χ1v) is 12.4. The number of benzene rings is 2. The zero-order valence-electron chi connectivity index (χ0n) is 21.4. The minimum Gasteiger partial charge on any atom is -0.495 e. The molecular weight excluding hydrogens is 490 g/mol. The Bertz CT molecular complexity index is 1890. The van der Waals surface area contributed by atoms with Crippen LogP contribution in [0.3, 0.4) is 0 Å². The molecule has 0 unspecified atom stereocenters. The predicted molar refractivity (Wildman–Crippen MR) is 153 cm³/mol. The Balaban J connectivity index is 1.57. The number of pyridine rings is 3. The fraction of sp³-hybridized carbons (Fsp3) is 0.100. The Kier molecular flexibility index (Phi) is 6.08. The summed E-state index contributed by atoms with van der Waals surface area (Å²) < 4.78 is 7.11. The third-order valence-electron chi connectivity index (χ3n) is 6.62. The lowest BCUT2D eigenvalue weighted by molar-refractivity contribution is 0.413. The van der Waals surface area contributed by atoms with Crippen LogP contribution in [0.15, 0.2) is 96.2 Å². The van der Waals surface area contributed by atoms with E-state index in [9.17, 15) is 4.79 Å². The van der Waals surface area contributed by atoms with Crippen molar-refractivity contribution >= 4 is 33.6 Å².